The van der Waals surface area contributed by atoms with E-state index in [4.69, 9.17) is 9.47 Å². The maximum absolute atomic E-state index is 10.2. The van der Waals surface area contributed by atoms with Gasteiger partial charge < -0.3 is 29.7 Å². The zero-order valence-corrected chi connectivity index (χ0v) is 11.1. The van der Waals surface area contributed by atoms with Crippen LogP contribution in [0.1, 0.15) is 19.3 Å². The normalized spacial score (nSPS) is 44.7. The summed E-state index contributed by atoms with van der Waals surface area (Å²) in [5, 5.41) is 30.2. The number of β-amino-alcohol motifs (C(OH)–C–C–N with tert-alkyl or cyclic N) is 1. The fourth-order valence-corrected chi connectivity index (χ4v) is 3.62. The highest BCUT2D eigenvalue weighted by atomic mass is 16.6. The lowest BCUT2D eigenvalue weighted by Crippen LogP contribution is -2.50. The molecule has 3 saturated heterocycles. The minimum Gasteiger partial charge on any atom is -0.392 e. The third-order valence-electron chi connectivity index (χ3n) is 4.57. The quantitative estimate of drug-likeness (QED) is 0.592. The first kappa shape index (κ1) is 13.7. The van der Waals surface area contributed by atoms with Crippen molar-refractivity contribution in [1.29, 1.82) is 0 Å². The molecule has 3 aliphatic heterocycles. The molecule has 0 radical (unpaired) electrons. The molecule has 0 aromatic heterocycles. The highest BCUT2D eigenvalue weighted by Crippen LogP contribution is 2.41. The molecule has 110 valence electrons. The maximum atomic E-state index is 10.2. The molecule has 0 bridgehead atoms. The van der Waals surface area contributed by atoms with Crippen molar-refractivity contribution in [3.8, 4) is 0 Å². The number of nitrogens with zero attached hydrogens (tertiary/aromatic N) is 1. The molecule has 19 heavy (non-hydrogen) atoms. The average Bonchev–Trinajstić information content (AvgIpc) is 3.03. The van der Waals surface area contributed by atoms with E-state index in [1.165, 1.54) is 12.8 Å². The summed E-state index contributed by atoms with van der Waals surface area (Å²) in [5.41, 5.74) is -0.932. The van der Waals surface area contributed by atoms with Crippen LogP contribution >= 0.6 is 0 Å². The van der Waals surface area contributed by atoms with Gasteiger partial charge in [-0.1, -0.05) is 0 Å². The van der Waals surface area contributed by atoms with Crippen LogP contribution in [-0.2, 0) is 9.47 Å². The Hall–Kier alpha value is -0.240. The molecule has 3 aliphatic rings. The standard InChI is InChI=1S/C13H23NO5/c15-9(6-14-3-1-2-4-14)5-13-11(17)8-18-12(13)10(16)7-19-13/h9-12,15-17H,1-8H2/t9?,10-,11+,12-,13-/m1/s1. The van der Waals surface area contributed by atoms with Gasteiger partial charge in [-0.15, -0.1) is 0 Å². The van der Waals surface area contributed by atoms with Gasteiger partial charge >= 0.3 is 0 Å². The first-order valence-corrected chi connectivity index (χ1v) is 7.14. The SMILES string of the molecule is OC(CN1CCCC1)C[C@]12OC[C@@H](O)[C@H]1OC[C@@H]2O. The summed E-state index contributed by atoms with van der Waals surface area (Å²) in [6.07, 6.45) is 0.104. The molecule has 5 atom stereocenters. The second-order valence-corrected chi connectivity index (χ2v) is 5.97. The Kier molecular flexibility index (Phi) is 3.81. The molecule has 3 rings (SSSR count). The third-order valence-corrected chi connectivity index (χ3v) is 4.57. The van der Waals surface area contributed by atoms with Gasteiger partial charge in [0.1, 0.15) is 23.9 Å². The predicted molar refractivity (Wildman–Crippen MR) is 66.7 cm³/mol. The summed E-state index contributed by atoms with van der Waals surface area (Å²) >= 11 is 0. The Morgan fingerprint density at radius 3 is 2.68 bits per heavy atom. The molecule has 0 saturated carbocycles. The molecule has 3 fully saturated rings. The number of likely N-dealkylation sites (tertiary alicyclic amines) is 1. The second-order valence-electron chi connectivity index (χ2n) is 5.97. The van der Waals surface area contributed by atoms with Crippen LogP contribution in [0, 0.1) is 0 Å². The van der Waals surface area contributed by atoms with Crippen LogP contribution in [-0.4, -0.2) is 83.1 Å². The molecule has 3 N–H and O–H groups in total. The van der Waals surface area contributed by atoms with E-state index in [1.807, 2.05) is 0 Å². The Morgan fingerprint density at radius 2 is 1.95 bits per heavy atom. The van der Waals surface area contributed by atoms with Gasteiger partial charge in [0.15, 0.2) is 0 Å². The minimum atomic E-state index is -0.932. The maximum Gasteiger partial charge on any atom is 0.127 e. The molecule has 1 unspecified atom stereocenters. The van der Waals surface area contributed by atoms with Crippen LogP contribution in [0.3, 0.4) is 0 Å². The first-order valence-electron chi connectivity index (χ1n) is 7.14. The largest absolute Gasteiger partial charge is 0.392 e. The highest BCUT2D eigenvalue weighted by molar-refractivity contribution is 5.08. The zero-order valence-electron chi connectivity index (χ0n) is 11.1. The lowest BCUT2D eigenvalue weighted by atomic mass is 9.86. The van der Waals surface area contributed by atoms with E-state index in [9.17, 15) is 15.3 Å². The Balaban J connectivity index is 1.63. The monoisotopic (exact) mass is 273 g/mol. The van der Waals surface area contributed by atoms with Crippen molar-refractivity contribution in [3.05, 3.63) is 0 Å². The van der Waals surface area contributed by atoms with E-state index in [0.29, 0.717) is 13.0 Å². The van der Waals surface area contributed by atoms with Crippen LogP contribution in [0.15, 0.2) is 0 Å². The van der Waals surface area contributed by atoms with Gasteiger partial charge in [0.05, 0.1) is 19.3 Å². The lowest BCUT2D eigenvalue weighted by molar-refractivity contribution is -0.103. The van der Waals surface area contributed by atoms with E-state index in [-0.39, 0.29) is 13.2 Å². The van der Waals surface area contributed by atoms with Gasteiger partial charge in [0.25, 0.3) is 0 Å². The van der Waals surface area contributed by atoms with Crippen LogP contribution in [0.25, 0.3) is 0 Å². The van der Waals surface area contributed by atoms with Crippen LogP contribution in [0.4, 0.5) is 0 Å². The summed E-state index contributed by atoms with van der Waals surface area (Å²) in [5.74, 6) is 0. The zero-order chi connectivity index (χ0) is 13.5. The summed E-state index contributed by atoms with van der Waals surface area (Å²) in [7, 11) is 0. The van der Waals surface area contributed by atoms with E-state index in [0.717, 1.165) is 13.1 Å². The van der Waals surface area contributed by atoms with Crippen LogP contribution in [0.5, 0.6) is 0 Å². The van der Waals surface area contributed by atoms with Crippen molar-refractivity contribution in [2.24, 2.45) is 0 Å². The van der Waals surface area contributed by atoms with Gasteiger partial charge in [-0.2, -0.15) is 0 Å². The number of rotatable bonds is 4. The van der Waals surface area contributed by atoms with Crippen molar-refractivity contribution < 1.29 is 24.8 Å². The smallest absolute Gasteiger partial charge is 0.127 e. The Labute approximate surface area is 112 Å². The molecular weight excluding hydrogens is 250 g/mol. The number of fused-ring (bicyclic) bond motifs is 1. The summed E-state index contributed by atoms with van der Waals surface area (Å²) in [6.45, 7) is 2.98. The fourth-order valence-electron chi connectivity index (χ4n) is 3.62. The molecule has 0 aliphatic carbocycles. The number of hydrogen-bond donors (Lipinski definition) is 3. The first-order chi connectivity index (χ1) is 9.12. The molecule has 0 aromatic carbocycles. The Bertz CT molecular complexity index is 322. The van der Waals surface area contributed by atoms with E-state index in [2.05, 4.69) is 4.90 Å². The van der Waals surface area contributed by atoms with Gasteiger partial charge in [0.2, 0.25) is 0 Å². The fraction of sp³-hybridized carbons (Fsp3) is 1.00. The summed E-state index contributed by atoms with van der Waals surface area (Å²) in [4.78, 5) is 2.23. The van der Waals surface area contributed by atoms with Crippen molar-refractivity contribution in [2.45, 2.75) is 49.3 Å². The second kappa shape index (κ2) is 5.27. The number of ether oxygens (including phenoxy) is 2. The number of aliphatic hydroxyl groups is 3. The molecule has 0 amide bonds. The molecule has 6 nitrogen and oxygen atoms in total. The van der Waals surface area contributed by atoms with Crippen molar-refractivity contribution >= 4 is 0 Å². The lowest BCUT2D eigenvalue weighted by Gasteiger charge is -2.33. The van der Waals surface area contributed by atoms with Gasteiger partial charge in [0, 0.05) is 13.0 Å². The molecule has 3 heterocycles. The summed E-state index contributed by atoms with van der Waals surface area (Å²) < 4.78 is 11.0. The molecule has 6 heteroatoms. The van der Waals surface area contributed by atoms with Crippen LogP contribution in [0.2, 0.25) is 0 Å². The van der Waals surface area contributed by atoms with Gasteiger partial charge in [-0.05, 0) is 25.9 Å². The molecular formula is C13H23NO5. The third kappa shape index (κ3) is 2.41. The van der Waals surface area contributed by atoms with E-state index in [1.54, 1.807) is 0 Å². The topological polar surface area (TPSA) is 82.4 Å². The van der Waals surface area contributed by atoms with E-state index >= 15 is 0 Å². The molecule has 0 spiro atoms. The summed E-state index contributed by atoms with van der Waals surface area (Å²) in [6, 6.07) is 0. The molecule has 0 aromatic rings. The van der Waals surface area contributed by atoms with Gasteiger partial charge in [-0.25, -0.2) is 0 Å². The van der Waals surface area contributed by atoms with Crippen molar-refractivity contribution in [1.82, 2.24) is 4.90 Å². The number of hydrogen-bond acceptors (Lipinski definition) is 6. The highest BCUT2D eigenvalue weighted by Gasteiger charge is 2.59. The number of aliphatic hydroxyl groups excluding tert-OH is 3. The average molecular weight is 273 g/mol. The van der Waals surface area contributed by atoms with Crippen LogP contribution < -0.4 is 0 Å². The van der Waals surface area contributed by atoms with Crippen molar-refractivity contribution in [2.75, 3.05) is 32.8 Å². The Morgan fingerprint density at radius 1 is 1.21 bits per heavy atom. The van der Waals surface area contributed by atoms with Gasteiger partial charge in [-0.3, -0.25) is 0 Å². The predicted octanol–water partition coefficient (Wildman–Crippen LogP) is -1.28. The van der Waals surface area contributed by atoms with E-state index < -0.39 is 30.0 Å². The van der Waals surface area contributed by atoms with Crippen molar-refractivity contribution in [3.63, 3.8) is 0 Å². The minimum absolute atomic E-state index is 0.165.